The predicted octanol–water partition coefficient (Wildman–Crippen LogP) is 1.63. The zero-order chi connectivity index (χ0) is 9.54. The highest BCUT2D eigenvalue weighted by Crippen LogP contribution is 2.50. The van der Waals surface area contributed by atoms with Crippen LogP contribution in [0.1, 0.15) is 43.5 Å². The van der Waals surface area contributed by atoms with Crippen molar-refractivity contribution in [2.45, 2.75) is 37.6 Å². The Balaban J connectivity index is 2.03. The summed E-state index contributed by atoms with van der Waals surface area (Å²) in [6.07, 6.45) is 5.94. The summed E-state index contributed by atoms with van der Waals surface area (Å²) in [7, 11) is 0. The molecule has 0 saturated heterocycles. The zero-order valence-corrected chi connectivity index (χ0v) is 7.93. The Hall–Kier alpha value is -1.37. The Morgan fingerprint density at radius 2 is 2.50 bits per heavy atom. The first-order chi connectivity index (χ1) is 6.92. The third-order valence-corrected chi connectivity index (χ3v) is 3.61. The van der Waals surface area contributed by atoms with Gasteiger partial charge in [-0.15, -0.1) is 0 Å². The molecule has 72 valence electrons. The number of rotatable bonds is 1. The van der Waals surface area contributed by atoms with E-state index < -0.39 is 0 Å². The van der Waals surface area contributed by atoms with E-state index >= 15 is 0 Å². The second-order valence-electron chi connectivity index (χ2n) is 4.19. The summed E-state index contributed by atoms with van der Waals surface area (Å²) >= 11 is 0. The van der Waals surface area contributed by atoms with Gasteiger partial charge in [-0.1, -0.05) is 6.42 Å². The molecule has 2 heterocycles. The number of nitriles is 1. The van der Waals surface area contributed by atoms with Crippen molar-refractivity contribution in [2.24, 2.45) is 5.92 Å². The molecule has 1 fully saturated rings. The molecule has 0 N–H and O–H groups in total. The van der Waals surface area contributed by atoms with Crippen molar-refractivity contribution in [3.8, 4) is 6.07 Å². The van der Waals surface area contributed by atoms with Gasteiger partial charge >= 0.3 is 0 Å². The van der Waals surface area contributed by atoms with E-state index in [4.69, 9.17) is 5.26 Å². The highest BCUT2D eigenvalue weighted by Gasteiger charge is 2.44. The molecule has 4 nitrogen and oxygen atoms in total. The van der Waals surface area contributed by atoms with Gasteiger partial charge in [0.1, 0.15) is 12.2 Å². The van der Waals surface area contributed by atoms with Crippen LogP contribution in [0, 0.1) is 17.2 Å². The molecule has 0 amide bonds. The van der Waals surface area contributed by atoms with E-state index in [0.29, 0.717) is 24.3 Å². The lowest BCUT2D eigenvalue weighted by atomic mass is 9.89. The molecule has 0 radical (unpaired) electrons. The van der Waals surface area contributed by atoms with Crippen molar-refractivity contribution in [1.82, 2.24) is 14.8 Å². The summed E-state index contributed by atoms with van der Waals surface area (Å²) in [5.41, 5.74) is 0. The normalized spacial score (nSPS) is 33.8. The molecule has 0 bridgehead atoms. The Morgan fingerprint density at radius 3 is 3.36 bits per heavy atom. The fourth-order valence-corrected chi connectivity index (χ4v) is 3.05. The molecule has 3 rings (SSSR count). The van der Waals surface area contributed by atoms with Gasteiger partial charge in [-0.25, -0.2) is 9.67 Å². The maximum absolute atomic E-state index is 8.80. The Labute approximate surface area is 82.6 Å². The number of hydrogen-bond donors (Lipinski definition) is 0. The molecule has 1 aromatic rings. The zero-order valence-electron chi connectivity index (χ0n) is 7.93. The van der Waals surface area contributed by atoms with Gasteiger partial charge in [-0.3, -0.25) is 0 Å². The average molecular weight is 188 g/mol. The van der Waals surface area contributed by atoms with Crippen molar-refractivity contribution in [3.05, 3.63) is 12.2 Å². The van der Waals surface area contributed by atoms with Crippen LogP contribution in [-0.4, -0.2) is 14.8 Å². The van der Waals surface area contributed by atoms with E-state index in [1.54, 1.807) is 6.33 Å². The van der Waals surface area contributed by atoms with Gasteiger partial charge in [-0.05, 0) is 18.8 Å². The molecule has 2 aliphatic rings. The van der Waals surface area contributed by atoms with Crippen LogP contribution in [0.25, 0.3) is 0 Å². The maximum atomic E-state index is 8.80. The third kappa shape index (κ3) is 0.872. The lowest BCUT2D eigenvalue weighted by molar-refractivity contribution is 0.377. The van der Waals surface area contributed by atoms with Gasteiger partial charge in [-0.2, -0.15) is 10.4 Å². The Kier molecular flexibility index (Phi) is 1.60. The van der Waals surface area contributed by atoms with Gasteiger partial charge in [0.05, 0.1) is 12.1 Å². The van der Waals surface area contributed by atoms with Crippen molar-refractivity contribution in [1.29, 1.82) is 5.26 Å². The Morgan fingerprint density at radius 1 is 1.57 bits per heavy atom. The quantitative estimate of drug-likeness (QED) is 0.673. The van der Waals surface area contributed by atoms with E-state index in [0.717, 1.165) is 5.82 Å². The highest BCUT2D eigenvalue weighted by molar-refractivity contribution is 5.13. The molecule has 1 saturated carbocycles. The van der Waals surface area contributed by atoms with E-state index in [1.807, 2.05) is 0 Å². The van der Waals surface area contributed by atoms with E-state index in [2.05, 4.69) is 20.8 Å². The minimum atomic E-state index is 0.343. The van der Waals surface area contributed by atoms with Crippen LogP contribution in [-0.2, 0) is 0 Å². The van der Waals surface area contributed by atoms with Crippen LogP contribution >= 0.6 is 0 Å². The standard InChI is InChI=1S/C10H12N4/c11-5-4-8-7-2-1-3-9(7)14-10(8)12-6-13-14/h6-9H,1-4H2. The van der Waals surface area contributed by atoms with Gasteiger partial charge in [0, 0.05) is 12.3 Å². The van der Waals surface area contributed by atoms with Crippen LogP contribution in [0.3, 0.4) is 0 Å². The molecule has 14 heavy (non-hydrogen) atoms. The van der Waals surface area contributed by atoms with Crippen molar-refractivity contribution in [2.75, 3.05) is 0 Å². The number of aromatic nitrogens is 3. The first-order valence-corrected chi connectivity index (χ1v) is 5.18. The summed E-state index contributed by atoms with van der Waals surface area (Å²) in [4.78, 5) is 4.28. The topological polar surface area (TPSA) is 54.5 Å². The molecule has 3 unspecified atom stereocenters. The highest BCUT2D eigenvalue weighted by atomic mass is 15.4. The van der Waals surface area contributed by atoms with Crippen molar-refractivity contribution >= 4 is 0 Å². The second kappa shape index (κ2) is 2.81. The van der Waals surface area contributed by atoms with Crippen LogP contribution < -0.4 is 0 Å². The van der Waals surface area contributed by atoms with E-state index in [-0.39, 0.29) is 0 Å². The smallest absolute Gasteiger partial charge is 0.138 e. The molecular formula is C10H12N4. The third-order valence-electron chi connectivity index (χ3n) is 3.61. The largest absolute Gasteiger partial charge is 0.246 e. The van der Waals surface area contributed by atoms with E-state index in [9.17, 15) is 0 Å². The van der Waals surface area contributed by atoms with Gasteiger partial charge < -0.3 is 0 Å². The SMILES string of the molecule is N#CCC1c2ncnn2C2CCCC12. The molecule has 1 aliphatic carbocycles. The van der Waals surface area contributed by atoms with Crippen LogP contribution in [0.15, 0.2) is 6.33 Å². The molecule has 1 aliphatic heterocycles. The molecule has 1 aromatic heterocycles. The first-order valence-electron chi connectivity index (χ1n) is 5.18. The van der Waals surface area contributed by atoms with Gasteiger partial charge in [0.15, 0.2) is 0 Å². The molecule has 0 spiro atoms. The molecule has 3 atom stereocenters. The summed E-state index contributed by atoms with van der Waals surface area (Å²) in [6, 6.07) is 2.81. The van der Waals surface area contributed by atoms with Crippen LogP contribution in [0.2, 0.25) is 0 Å². The molecule has 4 heteroatoms. The number of hydrogen-bond acceptors (Lipinski definition) is 3. The lowest BCUT2D eigenvalue weighted by Gasteiger charge is -2.13. The molecular weight excluding hydrogens is 176 g/mol. The fraction of sp³-hybridized carbons (Fsp3) is 0.700. The monoisotopic (exact) mass is 188 g/mol. The summed E-state index contributed by atoms with van der Waals surface area (Å²) in [5, 5.41) is 13.1. The summed E-state index contributed by atoms with van der Waals surface area (Å²) < 4.78 is 2.06. The van der Waals surface area contributed by atoms with Crippen molar-refractivity contribution < 1.29 is 0 Å². The lowest BCUT2D eigenvalue weighted by Crippen LogP contribution is -2.09. The van der Waals surface area contributed by atoms with Crippen LogP contribution in [0.4, 0.5) is 0 Å². The fourth-order valence-electron chi connectivity index (χ4n) is 3.05. The van der Waals surface area contributed by atoms with Gasteiger partial charge in [0.25, 0.3) is 0 Å². The first kappa shape index (κ1) is 7.98. The maximum Gasteiger partial charge on any atom is 0.138 e. The summed E-state index contributed by atoms with van der Waals surface area (Å²) in [5.74, 6) is 2.02. The predicted molar refractivity (Wildman–Crippen MR) is 49.4 cm³/mol. The Bertz CT molecular complexity index is 389. The molecule has 0 aromatic carbocycles. The average Bonchev–Trinajstić information content (AvgIpc) is 2.83. The number of nitrogens with zero attached hydrogens (tertiary/aromatic N) is 4. The number of fused-ring (bicyclic) bond motifs is 3. The van der Waals surface area contributed by atoms with E-state index in [1.165, 1.54) is 19.3 Å². The van der Waals surface area contributed by atoms with Gasteiger partial charge in [0.2, 0.25) is 0 Å². The van der Waals surface area contributed by atoms with Crippen molar-refractivity contribution in [3.63, 3.8) is 0 Å². The van der Waals surface area contributed by atoms with Crippen LogP contribution in [0.5, 0.6) is 0 Å². The minimum absolute atomic E-state index is 0.343. The second-order valence-corrected chi connectivity index (χ2v) is 4.19. The minimum Gasteiger partial charge on any atom is -0.246 e. The summed E-state index contributed by atoms with van der Waals surface area (Å²) in [6.45, 7) is 0.